The van der Waals surface area contributed by atoms with Crippen molar-refractivity contribution in [1.82, 2.24) is 9.47 Å². The van der Waals surface area contributed by atoms with Gasteiger partial charge < -0.3 is 19.1 Å². The van der Waals surface area contributed by atoms with Crippen LogP contribution in [0.2, 0.25) is 0 Å². The summed E-state index contributed by atoms with van der Waals surface area (Å²) in [6.07, 6.45) is 4.72. The van der Waals surface area contributed by atoms with Crippen molar-refractivity contribution in [2.75, 3.05) is 38.2 Å². The first-order valence-electron chi connectivity index (χ1n) is 8.93. The van der Waals surface area contributed by atoms with Crippen LogP contribution in [0.3, 0.4) is 0 Å². The number of ether oxygens (including phenoxy) is 1. The minimum atomic E-state index is -0.568. The Kier molecular flexibility index (Phi) is 4.33. The molecule has 0 N–H and O–H groups in total. The second-order valence-electron chi connectivity index (χ2n) is 6.93. The Hall–Kier alpha value is -2.90. The molecule has 8 heteroatoms. The number of anilines is 1. The Labute approximate surface area is 154 Å². The molecule has 2 heterocycles. The molecule has 4 rings (SSSR count). The Balaban J connectivity index is 1.94. The van der Waals surface area contributed by atoms with Crippen molar-refractivity contribution in [2.24, 2.45) is 0 Å². The summed E-state index contributed by atoms with van der Waals surface area (Å²) < 4.78 is 22.5. The molecule has 2 aliphatic rings. The van der Waals surface area contributed by atoms with E-state index in [0.29, 0.717) is 49.4 Å². The van der Waals surface area contributed by atoms with Crippen LogP contribution in [-0.2, 0) is 4.79 Å². The molecule has 1 saturated heterocycles. The van der Waals surface area contributed by atoms with Gasteiger partial charge in [0.2, 0.25) is 6.41 Å². The maximum atomic E-state index is 15.1. The van der Waals surface area contributed by atoms with E-state index >= 15 is 4.39 Å². The maximum absolute atomic E-state index is 15.1. The average Bonchev–Trinajstić information content (AvgIpc) is 3.53. The van der Waals surface area contributed by atoms with Crippen molar-refractivity contribution in [3.8, 4) is 5.75 Å². The Bertz CT molecular complexity index is 975. The van der Waals surface area contributed by atoms with Gasteiger partial charge in [0.1, 0.15) is 5.69 Å². The van der Waals surface area contributed by atoms with Crippen LogP contribution in [0.1, 0.15) is 29.2 Å². The van der Waals surface area contributed by atoms with Gasteiger partial charge in [0.25, 0.3) is 0 Å². The Morgan fingerprint density at radius 1 is 1.19 bits per heavy atom. The van der Waals surface area contributed by atoms with E-state index in [1.165, 1.54) is 13.2 Å². The molecule has 0 radical (unpaired) electrons. The van der Waals surface area contributed by atoms with Crippen LogP contribution in [0, 0.1) is 5.82 Å². The van der Waals surface area contributed by atoms with E-state index in [9.17, 15) is 14.4 Å². The molecule has 1 amide bonds. The molecule has 1 aromatic carbocycles. The summed E-state index contributed by atoms with van der Waals surface area (Å²) in [4.78, 5) is 38.3. The molecule has 0 atom stereocenters. The number of halogens is 1. The number of hydrogen-bond acceptors (Lipinski definition) is 5. The predicted molar refractivity (Wildman–Crippen MR) is 98.2 cm³/mol. The van der Waals surface area contributed by atoms with E-state index in [-0.39, 0.29) is 17.0 Å². The summed E-state index contributed by atoms with van der Waals surface area (Å²) in [5.41, 5.74) is 0.336. The number of benzene rings is 1. The lowest BCUT2D eigenvalue weighted by molar-refractivity contribution is -0.118. The van der Waals surface area contributed by atoms with Crippen molar-refractivity contribution in [3.05, 3.63) is 33.9 Å². The van der Waals surface area contributed by atoms with Gasteiger partial charge in [-0.1, -0.05) is 0 Å². The molecule has 0 unspecified atom stereocenters. The number of amides is 1. The van der Waals surface area contributed by atoms with Gasteiger partial charge >= 0.3 is 0 Å². The summed E-state index contributed by atoms with van der Waals surface area (Å²) in [5.74, 6) is -0.271. The number of fused-ring (bicyclic) bond motifs is 1. The second-order valence-corrected chi connectivity index (χ2v) is 6.93. The van der Waals surface area contributed by atoms with E-state index in [2.05, 4.69) is 0 Å². The third-order valence-electron chi connectivity index (χ3n) is 5.28. The Morgan fingerprint density at radius 3 is 2.44 bits per heavy atom. The van der Waals surface area contributed by atoms with Gasteiger partial charge in [0.15, 0.2) is 23.3 Å². The molecule has 2 aromatic rings. The molecule has 7 nitrogen and oxygen atoms in total. The number of carbonyl (C=O) groups excluding carboxylic acids is 2. The van der Waals surface area contributed by atoms with E-state index in [1.54, 1.807) is 11.1 Å². The third kappa shape index (κ3) is 2.85. The van der Waals surface area contributed by atoms with Gasteiger partial charge in [-0.2, -0.15) is 0 Å². The van der Waals surface area contributed by atoms with Crippen LogP contribution in [0.25, 0.3) is 10.9 Å². The highest BCUT2D eigenvalue weighted by Crippen LogP contribution is 2.43. The standard InChI is InChI=1S/C19H20FN3O4/c1-27-19-16-14(18(26)12(10-24)9-23(16)13-2-3-13)8-15(20)17(19)22-6-4-21(11-25)5-7-22/h8-11,13H,2-7H2,1H3. The molecule has 1 aliphatic carbocycles. The molecular weight excluding hydrogens is 353 g/mol. The molecule has 0 bridgehead atoms. The number of hydrogen-bond donors (Lipinski definition) is 0. The number of nitrogens with zero attached hydrogens (tertiary/aromatic N) is 3. The lowest BCUT2D eigenvalue weighted by atomic mass is 10.1. The summed E-state index contributed by atoms with van der Waals surface area (Å²) in [6.45, 7) is 1.92. The van der Waals surface area contributed by atoms with Crippen LogP contribution in [0.15, 0.2) is 17.1 Å². The van der Waals surface area contributed by atoms with Gasteiger partial charge in [0.05, 0.1) is 23.6 Å². The molecule has 0 spiro atoms. The fourth-order valence-electron chi connectivity index (χ4n) is 3.73. The second kappa shape index (κ2) is 6.68. The smallest absolute Gasteiger partial charge is 0.209 e. The fraction of sp³-hybridized carbons (Fsp3) is 0.421. The third-order valence-corrected chi connectivity index (χ3v) is 5.28. The number of pyridine rings is 1. The van der Waals surface area contributed by atoms with Crippen LogP contribution in [0.4, 0.5) is 10.1 Å². The minimum Gasteiger partial charge on any atom is -0.492 e. The zero-order valence-electron chi connectivity index (χ0n) is 15.0. The Morgan fingerprint density at radius 2 is 1.89 bits per heavy atom. The zero-order chi connectivity index (χ0) is 19.1. The first-order chi connectivity index (χ1) is 13.1. The van der Waals surface area contributed by atoms with E-state index in [0.717, 1.165) is 19.3 Å². The SMILES string of the molecule is COc1c(N2CCN(C=O)CC2)c(F)cc2c(=O)c(C=O)cn(C3CC3)c12. The highest BCUT2D eigenvalue weighted by atomic mass is 19.1. The molecule has 142 valence electrons. The highest BCUT2D eigenvalue weighted by Gasteiger charge is 2.31. The topological polar surface area (TPSA) is 71.8 Å². The molecule has 1 aromatic heterocycles. The monoisotopic (exact) mass is 373 g/mol. The van der Waals surface area contributed by atoms with E-state index in [4.69, 9.17) is 4.74 Å². The van der Waals surface area contributed by atoms with Crippen molar-refractivity contribution >= 4 is 29.3 Å². The van der Waals surface area contributed by atoms with E-state index < -0.39 is 11.2 Å². The molecular formula is C19H20FN3O4. The van der Waals surface area contributed by atoms with Crippen LogP contribution < -0.4 is 15.1 Å². The summed E-state index contributed by atoms with van der Waals surface area (Å²) in [7, 11) is 1.45. The van der Waals surface area contributed by atoms with Crippen LogP contribution in [-0.4, -0.2) is 55.5 Å². The number of piperazine rings is 1. The van der Waals surface area contributed by atoms with Crippen molar-refractivity contribution in [3.63, 3.8) is 0 Å². The number of rotatable bonds is 5. The molecule has 2 fully saturated rings. The number of aldehydes is 1. The van der Waals surface area contributed by atoms with Crippen LogP contribution in [0.5, 0.6) is 5.75 Å². The van der Waals surface area contributed by atoms with Gasteiger partial charge in [0, 0.05) is 38.4 Å². The lowest BCUT2D eigenvalue weighted by Crippen LogP contribution is -2.46. The fourth-order valence-corrected chi connectivity index (χ4v) is 3.73. The first-order valence-corrected chi connectivity index (χ1v) is 8.93. The lowest BCUT2D eigenvalue weighted by Gasteiger charge is -2.35. The summed E-state index contributed by atoms with van der Waals surface area (Å²) >= 11 is 0. The largest absolute Gasteiger partial charge is 0.492 e. The molecule has 27 heavy (non-hydrogen) atoms. The zero-order valence-corrected chi connectivity index (χ0v) is 15.0. The number of methoxy groups -OCH3 is 1. The summed E-state index contributed by atoms with van der Waals surface area (Å²) in [5, 5.41) is 0.149. The minimum absolute atomic E-state index is 0.0169. The normalized spacial score (nSPS) is 17.3. The molecule has 1 aliphatic heterocycles. The van der Waals surface area contributed by atoms with Gasteiger partial charge in [-0.15, -0.1) is 0 Å². The van der Waals surface area contributed by atoms with E-state index in [1.807, 2.05) is 9.47 Å². The van der Waals surface area contributed by atoms with Crippen molar-refractivity contribution in [1.29, 1.82) is 0 Å². The van der Waals surface area contributed by atoms with Crippen LogP contribution >= 0.6 is 0 Å². The van der Waals surface area contributed by atoms with Gasteiger partial charge in [-0.05, 0) is 18.9 Å². The number of aromatic nitrogens is 1. The van der Waals surface area contributed by atoms with Gasteiger partial charge in [-0.3, -0.25) is 14.4 Å². The first kappa shape index (κ1) is 17.5. The maximum Gasteiger partial charge on any atom is 0.209 e. The van der Waals surface area contributed by atoms with Gasteiger partial charge in [-0.25, -0.2) is 4.39 Å². The molecule has 1 saturated carbocycles. The predicted octanol–water partition coefficient (Wildman–Crippen LogP) is 1.57. The quantitative estimate of drug-likeness (QED) is 0.744. The average molecular weight is 373 g/mol. The van der Waals surface area contributed by atoms with Crippen molar-refractivity contribution < 1.29 is 18.7 Å². The number of carbonyl (C=O) groups is 2. The highest BCUT2D eigenvalue weighted by molar-refractivity contribution is 5.94. The summed E-state index contributed by atoms with van der Waals surface area (Å²) in [6, 6.07) is 1.37. The van der Waals surface area contributed by atoms with Crippen molar-refractivity contribution in [2.45, 2.75) is 18.9 Å².